The number of hydrogen-bond acceptors (Lipinski definition) is 5. The van der Waals surface area contributed by atoms with E-state index in [0.717, 1.165) is 34.7 Å². The molecule has 0 aromatic carbocycles. The molecule has 0 spiro atoms. The smallest absolute Gasteiger partial charge is 0.189 e. The molecule has 1 saturated carbocycles. The fourth-order valence-electron chi connectivity index (χ4n) is 2.53. The number of nitrogens with zero attached hydrogens (tertiary/aromatic N) is 3. The van der Waals surface area contributed by atoms with E-state index in [0.29, 0.717) is 0 Å². The van der Waals surface area contributed by atoms with E-state index in [1.165, 1.54) is 19.3 Å². The van der Waals surface area contributed by atoms with Crippen LogP contribution in [0.3, 0.4) is 0 Å². The van der Waals surface area contributed by atoms with E-state index in [1.807, 2.05) is 0 Å². The zero-order valence-corrected chi connectivity index (χ0v) is 10.5. The van der Waals surface area contributed by atoms with Gasteiger partial charge in [0.05, 0.1) is 5.01 Å². The first kappa shape index (κ1) is 11.0. The monoisotopic (exact) mass is 248 g/mol. The first-order valence-corrected chi connectivity index (χ1v) is 6.92. The molecule has 0 amide bonds. The van der Waals surface area contributed by atoms with Crippen LogP contribution in [0, 0.1) is 0 Å². The van der Waals surface area contributed by atoms with Gasteiger partial charge >= 0.3 is 0 Å². The van der Waals surface area contributed by atoms with E-state index in [9.17, 15) is 0 Å². The molecular weight excluding hydrogens is 232 g/mol. The summed E-state index contributed by atoms with van der Waals surface area (Å²) in [6.07, 6.45) is 10.3. The second-order valence-corrected chi connectivity index (χ2v) is 5.95. The Morgan fingerprint density at radius 2 is 1.94 bits per heavy atom. The number of rotatable bonds is 2. The summed E-state index contributed by atoms with van der Waals surface area (Å²) < 4.78 is 0. The zero-order valence-electron chi connectivity index (χ0n) is 9.72. The summed E-state index contributed by atoms with van der Waals surface area (Å²) in [5.74, 6) is 0. The van der Waals surface area contributed by atoms with Crippen LogP contribution in [0.25, 0.3) is 10.5 Å². The zero-order chi connectivity index (χ0) is 11.7. The van der Waals surface area contributed by atoms with E-state index < -0.39 is 0 Å². The molecule has 5 heteroatoms. The lowest BCUT2D eigenvalue weighted by atomic mass is 9.80. The molecule has 0 radical (unpaired) electrons. The lowest BCUT2D eigenvalue weighted by Crippen LogP contribution is -2.43. The third kappa shape index (κ3) is 2.30. The highest BCUT2D eigenvalue weighted by atomic mass is 32.1. The maximum Gasteiger partial charge on any atom is 0.189 e. The van der Waals surface area contributed by atoms with Crippen LogP contribution < -0.4 is 5.73 Å². The van der Waals surface area contributed by atoms with Gasteiger partial charge in [0.2, 0.25) is 0 Å². The molecule has 1 aliphatic carbocycles. The van der Waals surface area contributed by atoms with E-state index in [1.54, 1.807) is 23.7 Å². The summed E-state index contributed by atoms with van der Waals surface area (Å²) in [6.45, 7) is 0. The van der Waals surface area contributed by atoms with Crippen LogP contribution >= 0.6 is 11.3 Å². The minimum atomic E-state index is -0.0495. The van der Waals surface area contributed by atoms with E-state index >= 15 is 0 Å². The SMILES string of the molecule is NC1(Cc2nc3nccnc3s2)CCCCC1. The Morgan fingerprint density at radius 3 is 2.71 bits per heavy atom. The molecule has 0 bridgehead atoms. The minimum Gasteiger partial charge on any atom is -0.325 e. The molecule has 1 aliphatic rings. The van der Waals surface area contributed by atoms with Gasteiger partial charge in [0.25, 0.3) is 0 Å². The van der Waals surface area contributed by atoms with Crippen molar-refractivity contribution >= 4 is 21.8 Å². The van der Waals surface area contributed by atoms with Gasteiger partial charge in [-0.2, -0.15) is 0 Å². The van der Waals surface area contributed by atoms with Crippen molar-refractivity contribution in [2.24, 2.45) is 5.73 Å². The summed E-state index contributed by atoms with van der Waals surface area (Å²) in [5.41, 5.74) is 7.15. The third-order valence-electron chi connectivity index (χ3n) is 3.44. The molecule has 0 unspecified atom stereocenters. The fourth-order valence-corrected chi connectivity index (χ4v) is 3.55. The van der Waals surface area contributed by atoms with Crippen LogP contribution in [0.2, 0.25) is 0 Å². The minimum absolute atomic E-state index is 0.0495. The van der Waals surface area contributed by atoms with Crippen LogP contribution in [0.15, 0.2) is 12.4 Å². The molecule has 2 aromatic heterocycles. The molecule has 0 aliphatic heterocycles. The summed E-state index contributed by atoms with van der Waals surface area (Å²) in [6, 6.07) is 0. The highest BCUT2D eigenvalue weighted by molar-refractivity contribution is 7.18. The molecule has 1 fully saturated rings. The van der Waals surface area contributed by atoms with Crippen molar-refractivity contribution in [1.29, 1.82) is 0 Å². The van der Waals surface area contributed by atoms with Gasteiger partial charge in [0.15, 0.2) is 10.5 Å². The van der Waals surface area contributed by atoms with Crippen molar-refractivity contribution in [2.75, 3.05) is 0 Å². The summed E-state index contributed by atoms with van der Waals surface area (Å²) >= 11 is 1.62. The molecule has 2 heterocycles. The Kier molecular flexibility index (Phi) is 2.80. The van der Waals surface area contributed by atoms with Gasteiger partial charge in [-0.25, -0.2) is 15.0 Å². The third-order valence-corrected chi connectivity index (χ3v) is 4.40. The molecule has 2 N–H and O–H groups in total. The maximum atomic E-state index is 6.44. The molecule has 3 rings (SSSR count). The highest BCUT2D eigenvalue weighted by Gasteiger charge is 2.28. The maximum absolute atomic E-state index is 6.44. The number of hydrogen-bond donors (Lipinski definition) is 1. The number of thiazole rings is 1. The van der Waals surface area contributed by atoms with Crippen molar-refractivity contribution in [3.8, 4) is 0 Å². The van der Waals surface area contributed by atoms with Gasteiger partial charge in [-0.15, -0.1) is 0 Å². The topological polar surface area (TPSA) is 64.7 Å². The normalized spacial score (nSPS) is 19.6. The van der Waals surface area contributed by atoms with Gasteiger partial charge in [-0.1, -0.05) is 30.6 Å². The summed E-state index contributed by atoms with van der Waals surface area (Å²) in [4.78, 5) is 13.9. The predicted molar refractivity (Wildman–Crippen MR) is 68.9 cm³/mol. The second-order valence-electron chi connectivity index (χ2n) is 4.89. The lowest BCUT2D eigenvalue weighted by molar-refractivity contribution is 0.294. The Hall–Kier alpha value is -1.07. The molecule has 0 saturated heterocycles. The average Bonchev–Trinajstić information content (AvgIpc) is 2.71. The van der Waals surface area contributed by atoms with Crippen molar-refractivity contribution in [3.05, 3.63) is 17.4 Å². The largest absolute Gasteiger partial charge is 0.325 e. The van der Waals surface area contributed by atoms with Crippen LogP contribution in [0.4, 0.5) is 0 Å². The van der Waals surface area contributed by atoms with Crippen LogP contribution in [0.1, 0.15) is 37.1 Å². The van der Waals surface area contributed by atoms with Gasteiger partial charge in [0.1, 0.15) is 0 Å². The standard InChI is InChI=1S/C12H16N4S/c13-12(4-2-1-3-5-12)8-9-16-10-11(17-9)15-7-6-14-10/h6-7H,1-5,8,13H2. The van der Waals surface area contributed by atoms with Crippen LogP contribution in [-0.4, -0.2) is 20.5 Å². The van der Waals surface area contributed by atoms with Crippen molar-refractivity contribution in [3.63, 3.8) is 0 Å². The van der Waals surface area contributed by atoms with Crippen molar-refractivity contribution in [1.82, 2.24) is 15.0 Å². The van der Waals surface area contributed by atoms with Crippen LogP contribution in [-0.2, 0) is 6.42 Å². The molecular formula is C12H16N4S. The van der Waals surface area contributed by atoms with E-state index in [2.05, 4.69) is 15.0 Å². The Labute approximate surface area is 104 Å². The fraction of sp³-hybridized carbons (Fsp3) is 0.583. The molecule has 90 valence electrons. The molecule has 2 aromatic rings. The Morgan fingerprint density at radius 1 is 1.18 bits per heavy atom. The predicted octanol–water partition coefficient (Wildman–Crippen LogP) is 2.29. The quantitative estimate of drug-likeness (QED) is 0.885. The van der Waals surface area contributed by atoms with Crippen molar-refractivity contribution < 1.29 is 0 Å². The van der Waals surface area contributed by atoms with Gasteiger partial charge in [-0.3, -0.25) is 0 Å². The number of fused-ring (bicyclic) bond motifs is 1. The Bertz CT molecular complexity index is 483. The van der Waals surface area contributed by atoms with Gasteiger partial charge < -0.3 is 5.73 Å². The lowest BCUT2D eigenvalue weighted by Gasteiger charge is -2.32. The van der Waals surface area contributed by atoms with E-state index in [4.69, 9.17) is 5.73 Å². The molecule has 0 atom stereocenters. The number of aromatic nitrogens is 3. The van der Waals surface area contributed by atoms with Gasteiger partial charge in [-0.05, 0) is 12.8 Å². The number of nitrogens with two attached hydrogens (primary N) is 1. The summed E-state index contributed by atoms with van der Waals surface area (Å²) in [5, 5.41) is 1.08. The first-order chi connectivity index (χ1) is 8.25. The molecule has 4 nitrogen and oxygen atoms in total. The first-order valence-electron chi connectivity index (χ1n) is 6.11. The summed E-state index contributed by atoms with van der Waals surface area (Å²) in [7, 11) is 0. The van der Waals surface area contributed by atoms with E-state index in [-0.39, 0.29) is 5.54 Å². The van der Waals surface area contributed by atoms with Crippen molar-refractivity contribution in [2.45, 2.75) is 44.1 Å². The second kappa shape index (κ2) is 4.31. The average molecular weight is 248 g/mol. The van der Waals surface area contributed by atoms with Crippen LogP contribution in [0.5, 0.6) is 0 Å². The molecule has 17 heavy (non-hydrogen) atoms. The van der Waals surface area contributed by atoms with Gasteiger partial charge in [0, 0.05) is 24.4 Å². The highest BCUT2D eigenvalue weighted by Crippen LogP contribution is 2.30. The Balaban J connectivity index is 1.84.